The largest absolute Gasteiger partial charge is 0.454 e. The third-order valence-corrected chi connectivity index (χ3v) is 3.09. The van der Waals surface area contributed by atoms with Gasteiger partial charge in [-0.15, -0.1) is 0 Å². The van der Waals surface area contributed by atoms with Gasteiger partial charge in [-0.25, -0.2) is 0 Å². The molecular weight excluding hydrogens is 298 g/mol. The highest BCUT2D eigenvalue weighted by atomic mass is 16.4. The molecule has 0 radical (unpaired) electrons. The highest BCUT2D eigenvalue weighted by Gasteiger charge is 2.12. The molecule has 0 aromatic carbocycles. The fraction of sp³-hybridized carbons (Fsp3) is 0.312. The second-order valence-corrected chi connectivity index (χ2v) is 4.97. The summed E-state index contributed by atoms with van der Waals surface area (Å²) in [4.78, 5) is 35.0. The number of carbonyl (C=O) groups is 2. The summed E-state index contributed by atoms with van der Waals surface area (Å²) < 4.78 is 6.89. The molecule has 2 aromatic heterocycles. The molecule has 2 amide bonds. The van der Waals surface area contributed by atoms with Gasteiger partial charge in [0, 0.05) is 18.8 Å². The minimum atomic E-state index is -0.469. The average molecular weight is 317 g/mol. The first-order valence-electron chi connectivity index (χ1n) is 7.39. The average Bonchev–Trinajstić information content (AvgIpc) is 3.01. The molecule has 2 N–H and O–H groups in total. The minimum absolute atomic E-state index is 0.104. The summed E-state index contributed by atoms with van der Waals surface area (Å²) in [5, 5.41) is 5.14. The van der Waals surface area contributed by atoms with Crippen molar-refractivity contribution in [3.05, 3.63) is 58.4 Å². The number of rotatable bonds is 7. The van der Waals surface area contributed by atoms with E-state index in [-0.39, 0.29) is 30.3 Å². The lowest BCUT2D eigenvalue weighted by Crippen LogP contribution is -2.37. The lowest BCUT2D eigenvalue weighted by atomic mass is 10.4. The summed E-state index contributed by atoms with van der Waals surface area (Å²) in [7, 11) is 0. The number of aromatic nitrogens is 1. The predicted octanol–water partition coefficient (Wildman–Crippen LogP) is 0.746. The third kappa shape index (κ3) is 4.84. The Morgan fingerprint density at radius 1 is 1.17 bits per heavy atom. The molecule has 0 spiro atoms. The van der Waals surface area contributed by atoms with Gasteiger partial charge in [-0.05, 0) is 24.6 Å². The molecule has 2 rings (SSSR count). The monoisotopic (exact) mass is 317 g/mol. The molecule has 0 saturated carbocycles. The molecule has 0 bridgehead atoms. The standard InChI is InChI=1S/C16H19N3O4/c1-2-8-17-14(20)10-18-16(22)13-7-6-12(23-13)11-19-9-4-3-5-15(19)21/h3-7,9H,2,8,10-11H2,1H3,(H,17,20)(H,18,22). The van der Waals surface area contributed by atoms with Crippen molar-refractivity contribution in [2.24, 2.45) is 0 Å². The van der Waals surface area contributed by atoms with Crippen molar-refractivity contribution in [2.45, 2.75) is 19.9 Å². The van der Waals surface area contributed by atoms with E-state index in [0.717, 1.165) is 6.42 Å². The number of amides is 2. The molecule has 2 heterocycles. The first kappa shape index (κ1) is 16.5. The van der Waals surface area contributed by atoms with Gasteiger partial charge in [0.1, 0.15) is 5.76 Å². The Bertz CT molecular complexity index is 733. The van der Waals surface area contributed by atoms with Crippen LogP contribution >= 0.6 is 0 Å². The van der Waals surface area contributed by atoms with Gasteiger partial charge in [-0.3, -0.25) is 14.4 Å². The molecule has 0 aliphatic carbocycles. The van der Waals surface area contributed by atoms with Gasteiger partial charge in [-0.2, -0.15) is 0 Å². The second kappa shape index (κ2) is 7.98. The lowest BCUT2D eigenvalue weighted by Gasteiger charge is -2.04. The maximum Gasteiger partial charge on any atom is 0.287 e. The molecular formula is C16H19N3O4. The Morgan fingerprint density at radius 3 is 2.74 bits per heavy atom. The Morgan fingerprint density at radius 2 is 2.00 bits per heavy atom. The summed E-state index contributed by atoms with van der Waals surface area (Å²) in [6, 6.07) is 8.00. The van der Waals surface area contributed by atoms with Crippen LogP contribution in [0.15, 0.2) is 45.7 Å². The maximum atomic E-state index is 11.9. The number of carbonyl (C=O) groups excluding carboxylic acids is 2. The van der Waals surface area contributed by atoms with Gasteiger partial charge in [-0.1, -0.05) is 13.0 Å². The summed E-state index contributed by atoms with van der Waals surface area (Å²) >= 11 is 0. The van der Waals surface area contributed by atoms with E-state index in [9.17, 15) is 14.4 Å². The molecule has 0 unspecified atom stereocenters. The molecule has 7 heteroatoms. The van der Waals surface area contributed by atoms with Crippen LogP contribution in [0.1, 0.15) is 29.7 Å². The Hall–Kier alpha value is -2.83. The predicted molar refractivity (Wildman–Crippen MR) is 84.1 cm³/mol. The zero-order valence-corrected chi connectivity index (χ0v) is 12.9. The van der Waals surface area contributed by atoms with E-state index >= 15 is 0 Å². The van der Waals surface area contributed by atoms with Crippen LogP contribution in [0.2, 0.25) is 0 Å². The highest BCUT2D eigenvalue weighted by Crippen LogP contribution is 2.08. The van der Waals surface area contributed by atoms with Gasteiger partial charge >= 0.3 is 0 Å². The molecule has 23 heavy (non-hydrogen) atoms. The van der Waals surface area contributed by atoms with Crippen LogP contribution in [-0.4, -0.2) is 29.5 Å². The van der Waals surface area contributed by atoms with Crippen molar-refractivity contribution in [2.75, 3.05) is 13.1 Å². The summed E-state index contributed by atoms with van der Waals surface area (Å²) in [5.74, 6) is -0.128. The van der Waals surface area contributed by atoms with E-state index in [1.807, 2.05) is 6.92 Å². The highest BCUT2D eigenvalue weighted by molar-refractivity contribution is 5.94. The van der Waals surface area contributed by atoms with E-state index in [1.165, 1.54) is 16.7 Å². The Labute approximate surface area is 133 Å². The molecule has 122 valence electrons. The zero-order valence-electron chi connectivity index (χ0n) is 12.9. The normalized spacial score (nSPS) is 10.3. The van der Waals surface area contributed by atoms with Crippen molar-refractivity contribution >= 4 is 11.8 Å². The van der Waals surface area contributed by atoms with Crippen LogP contribution in [-0.2, 0) is 11.3 Å². The van der Waals surface area contributed by atoms with Gasteiger partial charge < -0.3 is 19.6 Å². The van der Waals surface area contributed by atoms with Crippen LogP contribution in [0, 0.1) is 0 Å². The smallest absolute Gasteiger partial charge is 0.287 e. The maximum absolute atomic E-state index is 11.9. The number of hydrogen-bond acceptors (Lipinski definition) is 4. The molecule has 0 aliphatic rings. The molecule has 0 saturated heterocycles. The van der Waals surface area contributed by atoms with Gasteiger partial charge in [0.15, 0.2) is 5.76 Å². The summed E-state index contributed by atoms with van der Waals surface area (Å²) in [5.41, 5.74) is -0.150. The summed E-state index contributed by atoms with van der Waals surface area (Å²) in [6.45, 7) is 2.66. The third-order valence-electron chi connectivity index (χ3n) is 3.09. The van der Waals surface area contributed by atoms with E-state index < -0.39 is 5.91 Å². The summed E-state index contributed by atoms with van der Waals surface area (Å²) in [6.07, 6.45) is 2.47. The quantitative estimate of drug-likeness (QED) is 0.788. The van der Waals surface area contributed by atoms with E-state index in [2.05, 4.69) is 10.6 Å². The van der Waals surface area contributed by atoms with Crippen LogP contribution in [0.25, 0.3) is 0 Å². The molecule has 0 fully saturated rings. The number of furan rings is 1. The first-order valence-corrected chi connectivity index (χ1v) is 7.39. The Balaban J connectivity index is 1.91. The van der Waals surface area contributed by atoms with E-state index in [4.69, 9.17) is 4.42 Å². The van der Waals surface area contributed by atoms with Gasteiger partial charge in [0.2, 0.25) is 5.91 Å². The number of nitrogens with zero attached hydrogens (tertiary/aromatic N) is 1. The van der Waals surface area contributed by atoms with Gasteiger partial charge in [0.25, 0.3) is 11.5 Å². The fourth-order valence-corrected chi connectivity index (χ4v) is 1.92. The molecule has 0 atom stereocenters. The zero-order chi connectivity index (χ0) is 16.7. The number of hydrogen-bond donors (Lipinski definition) is 2. The van der Waals surface area contributed by atoms with Crippen molar-refractivity contribution in [3.8, 4) is 0 Å². The van der Waals surface area contributed by atoms with E-state index in [0.29, 0.717) is 12.3 Å². The van der Waals surface area contributed by atoms with Gasteiger partial charge in [0.05, 0.1) is 13.1 Å². The molecule has 7 nitrogen and oxygen atoms in total. The van der Waals surface area contributed by atoms with Crippen molar-refractivity contribution < 1.29 is 14.0 Å². The number of pyridine rings is 1. The minimum Gasteiger partial charge on any atom is -0.454 e. The van der Waals surface area contributed by atoms with Crippen molar-refractivity contribution in [1.82, 2.24) is 15.2 Å². The molecule has 2 aromatic rings. The topological polar surface area (TPSA) is 93.3 Å². The van der Waals surface area contributed by atoms with Crippen LogP contribution in [0.3, 0.4) is 0 Å². The number of nitrogens with one attached hydrogen (secondary N) is 2. The lowest BCUT2D eigenvalue weighted by molar-refractivity contribution is -0.120. The molecule has 0 aliphatic heterocycles. The fourth-order valence-electron chi connectivity index (χ4n) is 1.92. The van der Waals surface area contributed by atoms with Crippen molar-refractivity contribution in [1.29, 1.82) is 0 Å². The van der Waals surface area contributed by atoms with E-state index in [1.54, 1.807) is 24.4 Å². The SMILES string of the molecule is CCCNC(=O)CNC(=O)c1ccc(Cn2ccccc2=O)o1. The first-order chi connectivity index (χ1) is 11.1. The van der Waals surface area contributed by atoms with Crippen LogP contribution < -0.4 is 16.2 Å². The second-order valence-electron chi connectivity index (χ2n) is 4.97. The van der Waals surface area contributed by atoms with Crippen molar-refractivity contribution in [3.63, 3.8) is 0 Å². The van der Waals surface area contributed by atoms with Crippen LogP contribution in [0.4, 0.5) is 0 Å². The Kier molecular flexibility index (Phi) is 5.74. The van der Waals surface area contributed by atoms with Crippen LogP contribution in [0.5, 0.6) is 0 Å².